The Kier molecular flexibility index (Phi) is 5.18. The van der Waals surface area contributed by atoms with Crippen LogP contribution in [0, 0.1) is 0 Å². The molecule has 0 aromatic carbocycles. The lowest BCUT2D eigenvalue weighted by atomic mass is 9.88. The Morgan fingerprint density at radius 2 is 2.19 bits per heavy atom. The number of aliphatic hydroxyl groups is 1. The van der Waals surface area contributed by atoms with Gasteiger partial charge in [0.05, 0.1) is 11.7 Å². The second-order valence-electron chi connectivity index (χ2n) is 4.66. The van der Waals surface area contributed by atoms with Gasteiger partial charge in [0.15, 0.2) is 6.29 Å². The molecule has 0 aromatic heterocycles. The van der Waals surface area contributed by atoms with Gasteiger partial charge in [0, 0.05) is 20.1 Å². The van der Waals surface area contributed by atoms with E-state index in [2.05, 4.69) is 6.92 Å². The molecular formula is C12H24O4. The zero-order valence-electron chi connectivity index (χ0n) is 10.7. The molecule has 0 aliphatic carbocycles. The molecule has 0 radical (unpaired) electrons. The lowest BCUT2D eigenvalue weighted by molar-refractivity contribution is -0.274. The molecule has 1 N–H and O–H groups in total. The van der Waals surface area contributed by atoms with E-state index in [9.17, 15) is 5.11 Å². The Hall–Kier alpha value is -0.160. The molecule has 16 heavy (non-hydrogen) atoms. The topological polar surface area (TPSA) is 47.9 Å². The number of unbranched alkanes of at least 4 members (excludes halogenated alkanes) is 1. The van der Waals surface area contributed by atoms with Crippen LogP contribution >= 0.6 is 0 Å². The Morgan fingerprint density at radius 1 is 1.50 bits per heavy atom. The average molecular weight is 232 g/mol. The lowest BCUT2D eigenvalue weighted by Gasteiger charge is -2.45. The Bertz CT molecular complexity index is 209. The maximum atomic E-state index is 9.58. The van der Waals surface area contributed by atoms with Crippen molar-refractivity contribution < 1.29 is 19.3 Å². The Morgan fingerprint density at radius 3 is 2.75 bits per heavy atom. The minimum Gasteiger partial charge on any atom is -0.376 e. The van der Waals surface area contributed by atoms with E-state index in [0.717, 1.165) is 12.8 Å². The van der Waals surface area contributed by atoms with Gasteiger partial charge in [-0.3, -0.25) is 0 Å². The van der Waals surface area contributed by atoms with E-state index in [-0.39, 0.29) is 12.2 Å². The van der Waals surface area contributed by atoms with E-state index < -0.39 is 11.9 Å². The van der Waals surface area contributed by atoms with Crippen molar-refractivity contribution in [1.82, 2.24) is 0 Å². The van der Waals surface area contributed by atoms with Crippen molar-refractivity contribution in [3.8, 4) is 0 Å². The minimum absolute atomic E-state index is 0.118. The van der Waals surface area contributed by atoms with Gasteiger partial charge in [-0.25, -0.2) is 0 Å². The van der Waals surface area contributed by atoms with E-state index in [4.69, 9.17) is 14.2 Å². The third-order valence-corrected chi connectivity index (χ3v) is 3.24. The molecule has 1 aliphatic rings. The van der Waals surface area contributed by atoms with Crippen molar-refractivity contribution in [2.45, 2.75) is 64.1 Å². The molecule has 0 aromatic rings. The SMILES string of the molecule is CCCCO[C@H]1[C@H](C)OC(O)C[C@@]1(C)OC. The zero-order valence-corrected chi connectivity index (χ0v) is 10.7. The van der Waals surface area contributed by atoms with Crippen LogP contribution in [0.1, 0.15) is 40.0 Å². The molecule has 0 bridgehead atoms. The fraction of sp³-hybridized carbons (Fsp3) is 1.00. The van der Waals surface area contributed by atoms with Crippen molar-refractivity contribution >= 4 is 0 Å². The first-order valence-electron chi connectivity index (χ1n) is 6.03. The molecule has 1 aliphatic heterocycles. The average Bonchev–Trinajstić information content (AvgIpc) is 2.22. The molecule has 1 heterocycles. The van der Waals surface area contributed by atoms with Crippen LogP contribution in [0.25, 0.3) is 0 Å². The van der Waals surface area contributed by atoms with Gasteiger partial charge in [-0.05, 0) is 20.3 Å². The molecule has 96 valence electrons. The van der Waals surface area contributed by atoms with Gasteiger partial charge in [0.25, 0.3) is 0 Å². The third kappa shape index (κ3) is 3.17. The van der Waals surface area contributed by atoms with Gasteiger partial charge in [-0.2, -0.15) is 0 Å². The monoisotopic (exact) mass is 232 g/mol. The van der Waals surface area contributed by atoms with Crippen LogP contribution in [0.2, 0.25) is 0 Å². The summed E-state index contributed by atoms with van der Waals surface area (Å²) in [6.07, 6.45) is 1.56. The van der Waals surface area contributed by atoms with Crippen molar-refractivity contribution in [3.63, 3.8) is 0 Å². The second kappa shape index (κ2) is 5.96. The van der Waals surface area contributed by atoms with Gasteiger partial charge in [-0.15, -0.1) is 0 Å². The number of aliphatic hydroxyl groups excluding tert-OH is 1. The lowest BCUT2D eigenvalue weighted by Crippen LogP contribution is -2.57. The number of ether oxygens (including phenoxy) is 3. The van der Waals surface area contributed by atoms with Crippen LogP contribution in [0.15, 0.2) is 0 Å². The fourth-order valence-corrected chi connectivity index (χ4v) is 2.19. The van der Waals surface area contributed by atoms with E-state index in [1.54, 1.807) is 7.11 Å². The molecular weight excluding hydrogens is 208 g/mol. The molecule has 0 saturated carbocycles. The van der Waals surface area contributed by atoms with Crippen LogP contribution < -0.4 is 0 Å². The first-order valence-corrected chi connectivity index (χ1v) is 6.03. The summed E-state index contributed by atoms with van der Waals surface area (Å²) >= 11 is 0. The number of methoxy groups -OCH3 is 1. The van der Waals surface area contributed by atoms with Gasteiger partial charge >= 0.3 is 0 Å². The van der Waals surface area contributed by atoms with Crippen molar-refractivity contribution in [2.24, 2.45) is 0 Å². The van der Waals surface area contributed by atoms with Gasteiger partial charge < -0.3 is 19.3 Å². The third-order valence-electron chi connectivity index (χ3n) is 3.24. The first kappa shape index (κ1) is 13.9. The predicted molar refractivity (Wildman–Crippen MR) is 61.2 cm³/mol. The highest BCUT2D eigenvalue weighted by Gasteiger charge is 2.45. The maximum Gasteiger partial charge on any atom is 0.157 e. The van der Waals surface area contributed by atoms with E-state index >= 15 is 0 Å². The van der Waals surface area contributed by atoms with Crippen LogP contribution in [0.5, 0.6) is 0 Å². The summed E-state index contributed by atoms with van der Waals surface area (Å²) in [7, 11) is 1.65. The quantitative estimate of drug-likeness (QED) is 0.733. The van der Waals surface area contributed by atoms with Crippen molar-refractivity contribution in [2.75, 3.05) is 13.7 Å². The number of hydrogen-bond acceptors (Lipinski definition) is 4. The minimum atomic E-state index is -0.758. The van der Waals surface area contributed by atoms with Gasteiger partial charge in [0.1, 0.15) is 6.10 Å². The van der Waals surface area contributed by atoms with Crippen LogP contribution in [0.4, 0.5) is 0 Å². The highest BCUT2D eigenvalue weighted by Crippen LogP contribution is 2.33. The summed E-state index contributed by atoms with van der Waals surface area (Å²) < 4.78 is 16.7. The van der Waals surface area contributed by atoms with Gasteiger partial charge in [-0.1, -0.05) is 13.3 Å². The normalized spacial score (nSPS) is 39.9. The second-order valence-corrected chi connectivity index (χ2v) is 4.66. The molecule has 1 saturated heterocycles. The summed E-state index contributed by atoms with van der Waals surface area (Å²) in [6.45, 7) is 6.72. The van der Waals surface area contributed by atoms with Crippen LogP contribution in [0.3, 0.4) is 0 Å². The molecule has 1 rings (SSSR count). The highest BCUT2D eigenvalue weighted by atomic mass is 16.6. The molecule has 4 nitrogen and oxygen atoms in total. The largest absolute Gasteiger partial charge is 0.376 e. The van der Waals surface area contributed by atoms with Gasteiger partial charge in [0.2, 0.25) is 0 Å². The van der Waals surface area contributed by atoms with E-state index in [1.807, 2.05) is 13.8 Å². The smallest absolute Gasteiger partial charge is 0.157 e. The molecule has 1 fully saturated rings. The molecule has 1 unspecified atom stereocenters. The van der Waals surface area contributed by atoms with E-state index in [1.165, 1.54) is 0 Å². The number of rotatable bonds is 5. The van der Waals surface area contributed by atoms with Crippen LogP contribution in [-0.4, -0.2) is 42.9 Å². The Balaban J connectivity index is 2.61. The molecule has 0 spiro atoms. The summed E-state index contributed by atoms with van der Waals surface area (Å²) in [4.78, 5) is 0. The maximum absolute atomic E-state index is 9.58. The summed E-state index contributed by atoms with van der Waals surface area (Å²) in [5, 5.41) is 9.58. The molecule has 4 heteroatoms. The zero-order chi connectivity index (χ0) is 12.2. The van der Waals surface area contributed by atoms with Crippen molar-refractivity contribution in [3.05, 3.63) is 0 Å². The molecule has 0 amide bonds. The summed E-state index contributed by atoms with van der Waals surface area (Å²) in [5.41, 5.74) is -0.467. The Labute approximate surface area is 97.9 Å². The summed E-state index contributed by atoms with van der Waals surface area (Å²) in [6, 6.07) is 0. The number of hydrogen-bond donors (Lipinski definition) is 1. The fourth-order valence-electron chi connectivity index (χ4n) is 2.19. The highest BCUT2D eigenvalue weighted by molar-refractivity contribution is 4.93. The first-order chi connectivity index (χ1) is 7.53. The standard InChI is InChI=1S/C12H24O4/c1-5-6-7-15-11-9(2)16-10(13)8-12(11,3)14-4/h9-11,13H,5-8H2,1-4H3/t9-,10?,11-,12+/m0/s1. The van der Waals surface area contributed by atoms with E-state index in [0.29, 0.717) is 13.0 Å². The molecule has 4 atom stereocenters. The van der Waals surface area contributed by atoms with Crippen molar-refractivity contribution in [1.29, 1.82) is 0 Å². The van der Waals surface area contributed by atoms with Crippen LogP contribution in [-0.2, 0) is 14.2 Å². The summed E-state index contributed by atoms with van der Waals surface area (Å²) in [5.74, 6) is 0. The predicted octanol–water partition coefficient (Wildman–Crippen LogP) is 1.70.